The number of ether oxygens (including phenoxy) is 1. The van der Waals surface area contributed by atoms with Crippen molar-refractivity contribution in [3.05, 3.63) is 59.4 Å². The van der Waals surface area contributed by atoms with E-state index in [1.54, 1.807) is 12.1 Å². The third kappa shape index (κ3) is 7.43. The van der Waals surface area contributed by atoms with Crippen LogP contribution >= 0.6 is 11.5 Å². The van der Waals surface area contributed by atoms with Gasteiger partial charge in [0.05, 0.1) is 29.3 Å². The highest BCUT2D eigenvalue weighted by Gasteiger charge is 2.31. The molecule has 0 unspecified atom stereocenters. The molecule has 2 heterocycles. The molecule has 3 amide bonds. The number of rotatable bonds is 9. The van der Waals surface area contributed by atoms with Gasteiger partial charge in [-0.1, -0.05) is 12.1 Å². The summed E-state index contributed by atoms with van der Waals surface area (Å²) in [6.07, 6.45) is -3.84. The normalized spacial score (nSPS) is 14.2. The third-order valence-corrected chi connectivity index (χ3v) is 6.83. The third-order valence-electron chi connectivity index (χ3n) is 5.93. The number of benzene rings is 2. The molecule has 1 aliphatic rings. The van der Waals surface area contributed by atoms with Crippen molar-refractivity contribution >= 4 is 40.7 Å². The van der Waals surface area contributed by atoms with Gasteiger partial charge in [0.1, 0.15) is 11.4 Å². The van der Waals surface area contributed by atoms with Crippen LogP contribution in [-0.2, 0) is 10.9 Å². The second kappa shape index (κ2) is 12.4. The fraction of sp³-hybridized carbons (Fsp3) is 0.320. The van der Waals surface area contributed by atoms with E-state index in [4.69, 9.17) is 10.5 Å². The van der Waals surface area contributed by atoms with Gasteiger partial charge in [-0.15, -0.1) is 0 Å². The average molecular weight is 567 g/mol. The van der Waals surface area contributed by atoms with E-state index in [9.17, 15) is 27.2 Å². The summed E-state index contributed by atoms with van der Waals surface area (Å²) < 4.78 is 62.3. The molecule has 3 aromatic rings. The molecule has 0 aliphatic carbocycles. The molecule has 1 saturated heterocycles. The van der Waals surface area contributed by atoms with Gasteiger partial charge in [-0.2, -0.15) is 17.5 Å². The molecule has 5 N–H and O–H groups in total. The summed E-state index contributed by atoms with van der Waals surface area (Å²) in [4.78, 5) is 27.3. The Bertz CT molecular complexity index is 1310. The van der Waals surface area contributed by atoms with E-state index in [-0.39, 0.29) is 11.3 Å². The number of amides is 3. The second-order valence-electron chi connectivity index (χ2n) is 8.68. The Balaban J connectivity index is 1.37. The Kier molecular flexibility index (Phi) is 8.99. The molecule has 0 spiro atoms. The molecule has 0 radical (unpaired) electrons. The molecule has 39 heavy (non-hydrogen) atoms. The molecular formula is C25H26F4N6O3S. The summed E-state index contributed by atoms with van der Waals surface area (Å²) in [6, 6.07) is 7.11. The second-order valence-corrected chi connectivity index (χ2v) is 9.46. The molecule has 0 atom stereocenters. The molecule has 2 aromatic carbocycles. The minimum absolute atomic E-state index is 0.254. The summed E-state index contributed by atoms with van der Waals surface area (Å²) >= 11 is 1.10. The number of alkyl halides is 3. The van der Waals surface area contributed by atoms with Gasteiger partial charge in [-0.25, -0.2) is 9.18 Å². The van der Waals surface area contributed by atoms with Gasteiger partial charge in [-0.3, -0.25) is 9.69 Å². The van der Waals surface area contributed by atoms with Crippen LogP contribution in [0.5, 0.6) is 0 Å². The number of anilines is 3. The Hall–Kier alpha value is -3.75. The largest absolute Gasteiger partial charge is 0.416 e. The lowest BCUT2D eigenvalue weighted by Crippen LogP contribution is -2.37. The van der Waals surface area contributed by atoms with Crippen molar-refractivity contribution in [1.82, 2.24) is 9.27 Å². The predicted molar refractivity (Wildman–Crippen MR) is 140 cm³/mol. The average Bonchev–Trinajstić information content (AvgIpc) is 3.32. The lowest BCUT2D eigenvalue weighted by atomic mass is 10.1. The minimum Gasteiger partial charge on any atom is -0.379 e. The van der Waals surface area contributed by atoms with Gasteiger partial charge in [0.2, 0.25) is 0 Å². The fourth-order valence-electron chi connectivity index (χ4n) is 3.96. The van der Waals surface area contributed by atoms with Crippen LogP contribution in [0.15, 0.2) is 42.5 Å². The molecule has 1 fully saturated rings. The van der Waals surface area contributed by atoms with E-state index in [0.29, 0.717) is 41.0 Å². The molecule has 0 bridgehead atoms. The van der Waals surface area contributed by atoms with Crippen molar-refractivity contribution < 1.29 is 31.9 Å². The first-order valence-electron chi connectivity index (χ1n) is 12.0. The van der Waals surface area contributed by atoms with E-state index < -0.39 is 35.2 Å². The Labute approximate surface area is 225 Å². The maximum atomic E-state index is 13.9. The molecule has 1 aromatic heterocycles. The summed E-state index contributed by atoms with van der Waals surface area (Å²) in [6.45, 7) is 4.72. The van der Waals surface area contributed by atoms with Gasteiger partial charge in [0.15, 0.2) is 5.82 Å². The molecule has 14 heteroatoms. The van der Waals surface area contributed by atoms with E-state index in [0.717, 1.165) is 50.8 Å². The van der Waals surface area contributed by atoms with E-state index in [2.05, 4.69) is 25.2 Å². The monoisotopic (exact) mass is 566 g/mol. The van der Waals surface area contributed by atoms with Gasteiger partial charge in [-0.05, 0) is 60.4 Å². The van der Waals surface area contributed by atoms with Crippen molar-refractivity contribution in [3.8, 4) is 10.4 Å². The number of halogens is 4. The Morgan fingerprint density at radius 2 is 1.79 bits per heavy atom. The van der Waals surface area contributed by atoms with Crippen molar-refractivity contribution in [1.29, 1.82) is 0 Å². The van der Waals surface area contributed by atoms with Crippen LogP contribution in [0, 0.1) is 5.82 Å². The number of nitrogens with zero attached hydrogens (tertiary/aromatic N) is 2. The molecule has 0 saturated carbocycles. The van der Waals surface area contributed by atoms with Crippen molar-refractivity contribution in [2.24, 2.45) is 5.73 Å². The SMILES string of the molecule is NC(=O)c1c(NCCCN2CCOCC2)nsc1-c1ccc(NC(=O)Nc2cc(C(F)(F)F)ccc2F)cc1. The number of nitrogens with two attached hydrogens (primary N) is 1. The van der Waals surface area contributed by atoms with Gasteiger partial charge in [0, 0.05) is 25.3 Å². The molecule has 208 valence electrons. The number of morpholine rings is 1. The lowest BCUT2D eigenvalue weighted by Gasteiger charge is -2.26. The summed E-state index contributed by atoms with van der Waals surface area (Å²) in [7, 11) is 0. The highest BCUT2D eigenvalue weighted by atomic mass is 32.1. The quantitative estimate of drug-likeness (QED) is 0.217. The summed E-state index contributed by atoms with van der Waals surface area (Å²) in [5.41, 5.74) is 5.10. The Morgan fingerprint density at radius 3 is 2.46 bits per heavy atom. The first-order chi connectivity index (χ1) is 18.6. The lowest BCUT2D eigenvalue weighted by molar-refractivity contribution is -0.137. The molecular weight excluding hydrogens is 540 g/mol. The highest BCUT2D eigenvalue weighted by molar-refractivity contribution is 7.10. The number of primary amides is 1. The highest BCUT2D eigenvalue weighted by Crippen LogP contribution is 2.34. The van der Waals surface area contributed by atoms with Crippen LogP contribution in [0.25, 0.3) is 10.4 Å². The zero-order chi connectivity index (χ0) is 28.0. The predicted octanol–water partition coefficient (Wildman–Crippen LogP) is 4.85. The van der Waals surface area contributed by atoms with Crippen LogP contribution in [0.2, 0.25) is 0 Å². The Morgan fingerprint density at radius 1 is 1.08 bits per heavy atom. The molecule has 9 nitrogen and oxygen atoms in total. The smallest absolute Gasteiger partial charge is 0.379 e. The number of urea groups is 1. The van der Waals surface area contributed by atoms with Crippen molar-refractivity contribution in [2.75, 3.05) is 55.3 Å². The van der Waals surface area contributed by atoms with Gasteiger partial charge >= 0.3 is 12.2 Å². The first kappa shape index (κ1) is 28.3. The van der Waals surface area contributed by atoms with Crippen LogP contribution in [-0.4, -0.2) is 60.6 Å². The number of aromatic nitrogens is 1. The van der Waals surface area contributed by atoms with E-state index in [1.807, 2.05) is 0 Å². The number of hydrogen-bond donors (Lipinski definition) is 4. The maximum absolute atomic E-state index is 13.9. The summed E-state index contributed by atoms with van der Waals surface area (Å²) in [5, 5.41) is 7.69. The molecule has 1 aliphatic heterocycles. The van der Waals surface area contributed by atoms with E-state index in [1.165, 1.54) is 12.1 Å². The van der Waals surface area contributed by atoms with Crippen LogP contribution in [0.3, 0.4) is 0 Å². The molecule has 4 rings (SSSR count). The van der Waals surface area contributed by atoms with Gasteiger partial charge in [0.25, 0.3) is 5.91 Å². The van der Waals surface area contributed by atoms with Gasteiger partial charge < -0.3 is 26.4 Å². The zero-order valence-electron chi connectivity index (χ0n) is 20.6. The number of hydrogen-bond acceptors (Lipinski definition) is 7. The zero-order valence-corrected chi connectivity index (χ0v) is 21.4. The van der Waals surface area contributed by atoms with E-state index >= 15 is 0 Å². The summed E-state index contributed by atoms with van der Waals surface area (Å²) in [5.74, 6) is -1.25. The number of carbonyl (C=O) groups is 2. The van der Waals surface area contributed by atoms with Crippen LogP contribution < -0.4 is 21.7 Å². The number of carbonyl (C=O) groups excluding carboxylic acids is 2. The van der Waals surface area contributed by atoms with Crippen LogP contribution in [0.4, 0.5) is 39.5 Å². The van der Waals surface area contributed by atoms with Crippen molar-refractivity contribution in [2.45, 2.75) is 12.6 Å². The topological polar surface area (TPSA) is 122 Å². The fourth-order valence-corrected chi connectivity index (χ4v) is 4.83. The first-order valence-corrected chi connectivity index (χ1v) is 12.8. The minimum atomic E-state index is -4.69. The van der Waals surface area contributed by atoms with Crippen LogP contribution in [0.1, 0.15) is 22.3 Å². The van der Waals surface area contributed by atoms with Crippen molar-refractivity contribution in [3.63, 3.8) is 0 Å². The maximum Gasteiger partial charge on any atom is 0.416 e. The number of nitrogens with one attached hydrogen (secondary N) is 3. The standard InChI is InChI=1S/C25H26F4N6O3S/c26-18-7-4-16(25(27,28)29)14-19(18)33-24(37)32-17-5-2-15(3-6-17)21-20(22(30)36)23(34-39-21)31-8-1-9-35-10-12-38-13-11-35/h2-7,14H,1,8-13H2,(H2,30,36)(H,31,34)(H2,32,33,37).